The molecule has 10 nitrogen and oxygen atoms in total. The van der Waals surface area contributed by atoms with E-state index in [0.29, 0.717) is 29.5 Å². The second-order valence-electron chi connectivity index (χ2n) is 7.19. The van der Waals surface area contributed by atoms with Gasteiger partial charge in [0.25, 0.3) is 0 Å². The lowest BCUT2D eigenvalue weighted by Gasteiger charge is -2.10. The van der Waals surface area contributed by atoms with Crippen LogP contribution in [0.3, 0.4) is 0 Å². The van der Waals surface area contributed by atoms with Gasteiger partial charge in [-0.1, -0.05) is 42.5 Å². The van der Waals surface area contributed by atoms with Crippen molar-refractivity contribution in [3.63, 3.8) is 0 Å². The van der Waals surface area contributed by atoms with E-state index in [0.717, 1.165) is 16.3 Å². The molecular weight excluding hydrogens is 434 g/mol. The van der Waals surface area contributed by atoms with Gasteiger partial charge >= 0.3 is 5.97 Å². The molecule has 2 aromatic heterocycles. The summed E-state index contributed by atoms with van der Waals surface area (Å²) in [4.78, 5) is 20.7. The molecule has 10 heteroatoms. The molecule has 0 saturated carbocycles. The third kappa shape index (κ3) is 4.37. The SMILES string of the molecule is CCOC(=O)c1ccc(Nc2nc3nonc3nc2NN=Cc2cccc3ccccc23)cc1. The van der Waals surface area contributed by atoms with Crippen LogP contribution in [0, 0.1) is 0 Å². The standard InChI is InChI=1S/C24H19N7O3/c1-2-33-24(32)16-10-12-18(13-11-16)26-20-21(28-23-22(27-20)30-34-31-23)29-25-14-17-8-5-7-15-6-3-4-9-19(15)17/h3-14H,2H2,1H3,(H,26,27,30)(H,28,29,31). The number of esters is 1. The van der Waals surface area contributed by atoms with E-state index in [-0.39, 0.29) is 17.3 Å². The molecule has 0 amide bonds. The molecule has 2 heterocycles. The summed E-state index contributed by atoms with van der Waals surface area (Å²) in [7, 11) is 0. The van der Waals surface area contributed by atoms with Crippen LogP contribution in [-0.4, -0.2) is 39.1 Å². The average Bonchev–Trinajstić information content (AvgIpc) is 3.32. The highest BCUT2D eigenvalue weighted by atomic mass is 16.6. The third-order valence-corrected chi connectivity index (χ3v) is 4.97. The number of benzene rings is 3. The summed E-state index contributed by atoms with van der Waals surface area (Å²) in [6, 6.07) is 20.9. The predicted molar refractivity (Wildman–Crippen MR) is 128 cm³/mol. The molecule has 3 aromatic carbocycles. The number of anilines is 3. The van der Waals surface area contributed by atoms with E-state index < -0.39 is 0 Å². The van der Waals surface area contributed by atoms with Gasteiger partial charge in [0.2, 0.25) is 11.3 Å². The molecule has 0 atom stereocenters. The number of aromatic nitrogens is 4. The number of hydrazone groups is 1. The maximum atomic E-state index is 11.9. The van der Waals surface area contributed by atoms with Crippen LogP contribution in [0.25, 0.3) is 22.1 Å². The zero-order valence-corrected chi connectivity index (χ0v) is 18.1. The van der Waals surface area contributed by atoms with Crippen molar-refractivity contribution in [2.45, 2.75) is 6.92 Å². The van der Waals surface area contributed by atoms with Crippen LogP contribution in [0.15, 0.2) is 76.5 Å². The fraction of sp³-hybridized carbons (Fsp3) is 0.0833. The number of carbonyl (C=O) groups is 1. The molecule has 5 aromatic rings. The van der Waals surface area contributed by atoms with E-state index in [9.17, 15) is 4.79 Å². The van der Waals surface area contributed by atoms with Gasteiger partial charge in [0.15, 0.2) is 11.6 Å². The number of rotatable bonds is 7. The molecule has 0 aliphatic carbocycles. The lowest BCUT2D eigenvalue weighted by atomic mass is 10.1. The molecule has 0 radical (unpaired) electrons. The Kier molecular flexibility index (Phi) is 5.76. The Hall–Kier alpha value is -4.86. The van der Waals surface area contributed by atoms with Crippen LogP contribution in [0.1, 0.15) is 22.8 Å². The Bertz CT molecular complexity index is 1490. The van der Waals surface area contributed by atoms with Crippen LogP contribution >= 0.6 is 0 Å². The smallest absolute Gasteiger partial charge is 0.338 e. The molecule has 0 spiro atoms. The first-order valence-corrected chi connectivity index (χ1v) is 10.5. The first-order chi connectivity index (χ1) is 16.7. The van der Waals surface area contributed by atoms with Gasteiger partial charge in [-0.3, -0.25) is 5.43 Å². The maximum Gasteiger partial charge on any atom is 0.338 e. The minimum Gasteiger partial charge on any atom is -0.462 e. The number of nitrogens with one attached hydrogen (secondary N) is 2. The average molecular weight is 453 g/mol. The molecule has 2 N–H and O–H groups in total. The number of hydrogen-bond donors (Lipinski definition) is 2. The van der Waals surface area contributed by atoms with E-state index in [1.54, 1.807) is 37.4 Å². The zero-order chi connectivity index (χ0) is 23.3. The van der Waals surface area contributed by atoms with E-state index in [1.165, 1.54) is 0 Å². The minimum atomic E-state index is -0.380. The van der Waals surface area contributed by atoms with Crippen molar-refractivity contribution in [1.29, 1.82) is 0 Å². The lowest BCUT2D eigenvalue weighted by molar-refractivity contribution is 0.0526. The Morgan fingerprint density at radius 1 is 0.971 bits per heavy atom. The second-order valence-corrected chi connectivity index (χ2v) is 7.19. The van der Waals surface area contributed by atoms with Crippen molar-refractivity contribution >= 4 is 51.6 Å². The van der Waals surface area contributed by atoms with E-state index in [4.69, 9.17) is 9.37 Å². The number of carbonyl (C=O) groups excluding carboxylic acids is 1. The Balaban J connectivity index is 1.41. The maximum absolute atomic E-state index is 11.9. The first kappa shape index (κ1) is 21.0. The first-order valence-electron chi connectivity index (χ1n) is 10.5. The van der Waals surface area contributed by atoms with Crippen molar-refractivity contribution in [2.75, 3.05) is 17.3 Å². The summed E-state index contributed by atoms with van der Waals surface area (Å²) in [5, 5.41) is 17.2. The van der Waals surface area contributed by atoms with Gasteiger partial charge < -0.3 is 10.1 Å². The number of hydrogen-bond acceptors (Lipinski definition) is 10. The highest BCUT2D eigenvalue weighted by molar-refractivity contribution is 6.00. The molecule has 0 unspecified atom stereocenters. The monoisotopic (exact) mass is 453 g/mol. The van der Waals surface area contributed by atoms with Crippen LogP contribution < -0.4 is 10.7 Å². The molecule has 0 fully saturated rings. The Labute approximate surface area is 193 Å². The fourth-order valence-corrected chi connectivity index (χ4v) is 3.37. The van der Waals surface area contributed by atoms with Crippen molar-refractivity contribution in [1.82, 2.24) is 20.3 Å². The van der Waals surface area contributed by atoms with Gasteiger partial charge in [0, 0.05) is 11.3 Å². The Morgan fingerprint density at radius 3 is 2.50 bits per heavy atom. The molecular formula is C24H19N7O3. The summed E-state index contributed by atoms with van der Waals surface area (Å²) in [6.45, 7) is 2.08. The molecule has 0 bridgehead atoms. The topological polar surface area (TPSA) is 127 Å². The quantitative estimate of drug-likeness (QED) is 0.207. The van der Waals surface area contributed by atoms with Crippen LogP contribution in [0.2, 0.25) is 0 Å². The summed E-state index contributed by atoms with van der Waals surface area (Å²) in [6.07, 6.45) is 1.72. The highest BCUT2D eigenvalue weighted by Gasteiger charge is 2.13. The van der Waals surface area contributed by atoms with Gasteiger partial charge in [-0.15, -0.1) is 0 Å². The molecule has 168 valence electrons. The van der Waals surface area contributed by atoms with Gasteiger partial charge in [0.05, 0.1) is 18.4 Å². The zero-order valence-electron chi connectivity index (χ0n) is 18.1. The molecule has 0 saturated heterocycles. The van der Waals surface area contributed by atoms with Crippen LogP contribution in [0.4, 0.5) is 17.3 Å². The second kappa shape index (κ2) is 9.33. The molecule has 5 rings (SSSR count). The number of nitrogens with zero attached hydrogens (tertiary/aromatic N) is 5. The van der Waals surface area contributed by atoms with Gasteiger partial charge in [-0.2, -0.15) is 10.1 Å². The van der Waals surface area contributed by atoms with E-state index in [2.05, 4.69) is 36.1 Å². The Morgan fingerprint density at radius 2 is 1.71 bits per heavy atom. The molecule has 0 aliphatic rings. The fourth-order valence-electron chi connectivity index (χ4n) is 3.37. The summed E-state index contributed by atoms with van der Waals surface area (Å²) in [5.41, 5.74) is 5.49. The van der Waals surface area contributed by atoms with Crippen molar-refractivity contribution in [2.24, 2.45) is 5.10 Å². The van der Waals surface area contributed by atoms with Crippen LogP contribution in [0.5, 0.6) is 0 Å². The van der Waals surface area contributed by atoms with Gasteiger partial charge in [0.1, 0.15) is 0 Å². The summed E-state index contributed by atoms with van der Waals surface area (Å²) >= 11 is 0. The normalized spacial score (nSPS) is 11.2. The van der Waals surface area contributed by atoms with Crippen molar-refractivity contribution in [3.05, 3.63) is 77.9 Å². The largest absolute Gasteiger partial charge is 0.462 e. The lowest BCUT2D eigenvalue weighted by Crippen LogP contribution is -2.05. The minimum absolute atomic E-state index is 0.242. The van der Waals surface area contributed by atoms with E-state index in [1.807, 2.05) is 42.5 Å². The third-order valence-electron chi connectivity index (χ3n) is 4.97. The molecule has 0 aliphatic heterocycles. The van der Waals surface area contributed by atoms with Gasteiger partial charge in [-0.05, 0) is 52.3 Å². The predicted octanol–water partition coefficient (Wildman–Crippen LogP) is 4.53. The highest BCUT2D eigenvalue weighted by Crippen LogP contribution is 2.24. The van der Waals surface area contributed by atoms with Crippen molar-refractivity contribution in [3.8, 4) is 0 Å². The molecule has 34 heavy (non-hydrogen) atoms. The van der Waals surface area contributed by atoms with Gasteiger partial charge in [-0.25, -0.2) is 14.4 Å². The van der Waals surface area contributed by atoms with E-state index >= 15 is 0 Å². The summed E-state index contributed by atoms with van der Waals surface area (Å²) in [5.74, 6) is 0.311. The van der Waals surface area contributed by atoms with Crippen molar-refractivity contribution < 1.29 is 14.2 Å². The van der Waals surface area contributed by atoms with Crippen LogP contribution in [-0.2, 0) is 4.74 Å². The number of ether oxygens (including phenoxy) is 1. The summed E-state index contributed by atoms with van der Waals surface area (Å²) < 4.78 is 9.76. The number of fused-ring (bicyclic) bond motifs is 2.